The van der Waals surface area contributed by atoms with Crippen LogP contribution in [0.1, 0.15) is 23.9 Å². The van der Waals surface area contributed by atoms with Crippen LogP contribution in [-0.2, 0) is 23.8 Å². The molecule has 9 heteroatoms. The van der Waals surface area contributed by atoms with E-state index in [2.05, 4.69) is 10.4 Å². The fourth-order valence-electron chi connectivity index (χ4n) is 2.78. The fraction of sp³-hybridized carbons (Fsp3) is 0.211. The van der Waals surface area contributed by atoms with E-state index in [1.54, 1.807) is 6.92 Å². The molecule has 3 aromatic rings. The Hall–Kier alpha value is -3.23. The Labute approximate surface area is 156 Å². The van der Waals surface area contributed by atoms with Crippen LogP contribution in [0.5, 0.6) is 0 Å². The molecule has 0 atom stereocenters. The Balaban J connectivity index is 1.92. The summed E-state index contributed by atoms with van der Waals surface area (Å²) in [6.07, 6.45) is -4.67. The average molecular weight is 393 g/mol. The monoisotopic (exact) mass is 393 g/mol. The molecule has 146 valence electrons. The van der Waals surface area contributed by atoms with Gasteiger partial charge in [-0.15, -0.1) is 0 Å². The topological polar surface area (TPSA) is 64.0 Å². The Morgan fingerprint density at radius 2 is 1.89 bits per heavy atom. The Kier molecular flexibility index (Phi) is 5.17. The first-order valence-corrected chi connectivity index (χ1v) is 8.37. The van der Waals surface area contributed by atoms with Crippen molar-refractivity contribution < 1.29 is 22.4 Å². The van der Waals surface area contributed by atoms with Crippen LogP contribution in [0.25, 0.3) is 10.9 Å². The van der Waals surface area contributed by atoms with E-state index in [0.29, 0.717) is 0 Å². The highest BCUT2D eigenvalue weighted by molar-refractivity contribution is 5.86. The molecule has 0 radical (unpaired) electrons. The van der Waals surface area contributed by atoms with Gasteiger partial charge in [0, 0.05) is 6.42 Å². The van der Waals surface area contributed by atoms with Crippen LogP contribution in [0.4, 0.5) is 17.6 Å². The number of alkyl halides is 3. The summed E-state index contributed by atoms with van der Waals surface area (Å²) in [5, 5.41) is -0.0171. The predicted octanol–water partition coefficient (Wildman–Crippen LogP) is 3.43. The highest BCUT2D eigenvalue weighted by atomic mass is 19.4. The molecule has 0 aliphatic carbocycles. The summed E-state index contributed by atoms with van der Waals surface area (Å²) in [5.41, 5.74) is 0.844. The highest BCUT2D eigenvalue weighted by Crippen LogP contribution is 2.29. The fourth-order valence-corrected chi connectivity index (χ4v) is 2.78. The van der Waals surface area contributed by atoms with E-state index >= 15 is 0 Å². The Morgan fingerprint density at radius 1 is 1.18 bits per heavy atom. The lowest BCUT2D eigenvalue weighted by Gasteiger charge is -2.14. The van der Waals surface area contributed by atoms with Gasteiger partial charge in [0.05, 0.1) is 17.4 Å². The van der Waals surface area contributed by atoms with E-state index in [1.807, 2.05) is 0 Å². The van der Waals surface area contributed by atoms with Crippen molar-refractivity contribution in [3.8, 4) is 0 Å². The Morgan fingerprint density at radius 3 is 2.57 bits per heavy atom. The molecular weight excluding hydrogens is 378 g/mol. The minimum absolute atomic E-state index is 0.0171. The van der Waals surface area contributed by atoms with E-state index in [0.717, 1.165) is 16.8 Å². The maximum atomic E-state index is 13.9. The van der Waals surface area contributed by atoms with Crippen molar-refractivity contribution in [2.75, 3.05) is 5.43 Å². The molecule has 1 amide bonds. The number of amides is 1. The molecule has 0 aliphatic rings. The van der Waals surface area contributed by atoms with Crippen LogP contribution in [0.3, 0.4) is 0 Å². The molecular formula is C19H15F4N3O2. The van der Waals surface area contributed by atoms with Gasteiger partial charge in [0.2, 0.25) is 5.91 Å². The molecule has 5 nitrogen and oxygen atoms in total. The number of benzene rings is 2. The minimum atomic E-state index is -4.52. The molecule has 1 N–H and O–H groups in total. The lowest BCUT2D eigenvalue weighted by molar-refractivity contribution is -0.137. The number of carbonyl (C=O) groups is 1. The zero-order chi connectivity index (χ0) is 20.5. The van der Waals surface area contributed by atoms with E-state index in [4.69, 9.17) is 0 Å². The third-order valence-electron chi connectivity index (χ3n) is 4.09. The smallest absolute Gasteiger partial charge is 0.273 e. The molecule has 1 heterocycles. The van der Waals surface area contributed by atoms with Crippen LogP contribution in [-0.4, -0.2) is 15.6 Å². The number of nitrogens with one attached hydrogen (secondary N) is 1. The van der Waals surface area contributed by atoms with Gasteiger partial charge in [0.1, 0.15) is 17.2 Å². The number of hydrogen-bond donors (Lipinski definition) is 1. The van der Waals surface area contributed by atoms with Crippen LogP contribution < -0.4 is 11.0 Å². The SMILES string of the molecule is CCc1nc2c(F)cccc2c(=O)n1NC(=O)Cc1cccc(C(F)(F)F)c1. The summed E-state index contributed by atoms with van der Waals surface area (Å²) in [7, 11) is 0. The number of rotatable bonds is 4. The molecule has 28 heavy (non-hydrogen) atoms. The number of aryl methyl sites for hydroxylation is 1. The first-order valence-electron chi connectivity index (χ1n) is 8.37. The molecule has 0 saturated heterocycles. The van der Waals surface area contributed by atoms with Crippen LogP contribution >= 0.6 is 0 Å². The van der Waals surface area contributed by atoms with Crippen LogP contribution in [0, 0.1) is 5.82 Å². The minimum Gasteiger partial charge on any atom is -0.273 e. The number of nitrogens with zero attached hydrogens (tertiary/aromatic N) is 2. The quantitative estimate of drug-likeness (QED) is 0.691. The zero-order valence-corrected chi connectivity index (χ0v) is 14.7. The molecule has 3 rings (SSSR count). The van der Waals surface area contributed by atoms with E-state index in [9.17, 15) is 27.2 Å². The summed E-state index contributed by atoms with van der Waals surface area (Å²) in [6.45, 7) is 1.67. The van der Waals surface area contributed by atoms with E-state index < -0.39 is 29.0 Å². The van der Waals surface area contributed by atoms with Gasteiger partial charge in [-0.3, -0.25) is 15.0 Å². The molecule has 0 spiro atoms. The van der Waals surface area contributed by atoms with Crippen molar-refractivity contribution in [2.24, 2.45) is 0 Å². The third kappa shape index (κ3) is 3.88. The molecule has 0 unspecified atom stereocenters. The maximum Gasteiger partial charge on any atom is 0.416 e. The first kappa shape index (κ1) is 19.5. The number of halogens is 4. The normalized spacial score (nSPS) is 11.6. The van der Waals surface area contributed by atoms with Gasteiger partial charge in [0.15, 0.2) is 0 Å². The molecule has 2 aromatic carbocycles. The summed E-state index contributed by atoms with van der Waals surface area (Å²) in [6, 6.07) is 8.26. The zero-order valence-electron chi connectivity index (χ0n) is 14.7. The lowest BCUT2D eigenvalue weighted by atomic mass is 10.1. The van der Waals surface area contributed by atoms with Gasteiger partial charge in [-0.25, -0.2) is 14.1 Å². The summed E-state index contributed by atoms with van der Waals surface area (Å²) in [4.78, 5) is 29.0. The van der Waals surface area contributed by atoms with E-state index in [-0.39, 0.29) is 35.1 Å². The summed E-state index contributed by atoms with van der Waals surface area (Å²) >= 11 is 0. The number of hydrogen-bond acceptors (Lipinski definition) is 3. The van der Waals surface area contributed by atoms with Crippen molar-refractivity contribution >= 4 is 16.8 Å². The van der Waals surface area contributed by atoms with Crippen molar-refractivity contribution in [1.82, 2.24) is 9.66 Å². The predicted molar refractivity (Wildman–Crippen MR) is 94.9 cm³/mol. The summed E-state index contributed by atoms with van der Waals surface area (Å²) in [5.74, 6) is -1.24. The van der Waals surface area contributed by atoms with Gasteiger partial charge < -0.3 is 0 Å². The number of aromatic nitrogens is 2. The molecule has 0 saturated carbocycles. The molecule has 0 fully saturated rings. The van der Waals surface area contributed by atoms with Crippen molar-refractivity contribution in [3.05, 3.63) is 75.6 Å². The van der Waals surface area contributed by atoms with Gasteiger partial charge in [-0.1, -0.05) is 31.2 Å². The molecule has 0 bridgehead atoms. The number of para-hydroxylation sites is 1. The number of carbonyl (C=O) groups excluding carboxylic acids is 1. The van der Waals surface area contributed by atoms with Gasteiger partial charge in [-0.05, 0) is 23.8 Å². The van der Waals surface area contributed by atoms with Gasteiger partial charge >= 0.3 is 6.18 Å². The second-order valence-corrected chi connectivity index (χ2v) is 6.07. The van der Waals surface area contributed by atoms with Gasteiger partial charge in [0.25, 0.3) is 5.56 Å². The molecule has 0 aliphatic heterocycles. The largest absolute Gasteiger partial charge is 0.416 e. The third-order valence-corrected chi connectivity index (χ3v) is 4.09. The highest BCUT2D eigenvalue weighted by Gasteiger charge is 2.30. The second-order valence-electron chi connectivity index (χ2n) is 6.07. The standard InChI is InChI=1S/C19H15F4N3O2/c1-2-15-24-17-13(7-4-8-14(17)20)18(28)26(15)25-16(27)10-11-5-3-6-12(9-11)19(21,22)23/h3-9H,2,10H2,1H3,(H,25,27). The first-order chi connectivity index (χ1) is 13.2. The lowest BCUT2D eigenvalue weighted by Crippen LogP contribution is -2.37. The Bertz CT molecular complexity index is 1110. The van der Waals surface area contributed by atoms with Crippen molar-refractivity contribution in [3.63, 3.8) is 0 Å². The van der Waals surface area contributed by atoms with E-state index in [1.165, 1.54) is 30.3 Å². The second kappa shape index (κ2) is 7.41. The van der Waals surface area contributed by atoms with Crippen molar-refractivity contribution in [2.45, 2.75) is 25.9 Å². The van der Waals surface area contributed by atoms with Gasteiger partial charge in [-0.2, -0.15) is 13.2 Å². The number of fused-ring (bicyclic) bond motifs is 1. The van der Waals surface area contributed by atoms with Crippen LogP contribution in [0.2, 0.25) is 0 Å². The maximum absolute atomic E-state index is 13.9. The summed E-state index contributed by atoms with van der Waals surface area (Å²) < 4.78 is 53.2. The van der Waals surface area contributed by atoms with Crippen molar-refractivity contribution in [1.29, 1.82) is 0 Å². The molecule has 1 aromatic heterocycles. The van der Waals surface area contributed by atoms with Crippen LogP contribution in [0.15, 0.2) is 47.3 Å². The average Bonchev–Trinajstić information content (AvgIpc) is 2.64.